The van der Waals surface area contributed by atoms with E-state index < -0.39 is 0 Å². The lowest BCUT2D eigenvalue weighted by molar-refractivity contribution is -0.148. The molecule has 74 valence electrons. The van der Waals surface area contributed by atoms with E-state index in [1.807, 2.05) is 27.7 Å². The summed E-state index contributed by atoms with van der Waals surface area (Å²) >= 11 is 0. The Balaban J connectivity index is 0. The Bertz CT molecular complexity index is 100. The van der Waals surface area contributed by atoms with Crippen molar-refractivity contribution in [1.29, 1.82) is 0 Å². The number of hydrogen-bond donors (Lipinski definition) is 0. The van der Waals surface area contributed by atoms with Crippen molar-refractivity contribution in [2.24, 2.45) is 5.92 Å². The molecule has 1 rings (SSSR count). The van der Waals surface area contributed by atoms with Crippen LogP contribution in [0.3, 0.4) is 0 Å². The summed E-state index contributed by atoms with van der Waals surface area (Å²) in [5.41, 5.74) is 0. The van der Waals surface area contributed by atoms with Crippen LogP contribution in [0.2, 0.25) is 0 Å². The van der Waals surface area contributed by atoms with Crippen LogP contribution in [-0.2, 0) is 9.53 Å². The van der Waals surface area contributed by atoms with Crippen LogP contribution in [0.25, 0.3) is 0 Å². The van der Waals surface area contributed by atoms with Crippen LogP contribution in [0, 0.1) is 5.92 Å². The maximum absolute atomic E-state index is 10.5. The Morgan fingerprint density at radius 3 is 2.00 bits per heavy atom. The van der Waals surface area contributed by atoms with E-state index in [2.05, 4.69) is 6.92 Å². The number of carbonyl (C=O) groups excluding carboxylic acids is 1. The highest BCUT2D eigenvalue weighted by Crippen LogP contribution is 2.13. The second-order valence-electron chi connectivity index (χ2n) is 2.32. The molecule has 1 aliphatic heterocycles. The molecule has 0 saturated carbocycles. The van der Waals surface area contributed by atoms with Gasteiger partial charge in [-0.15, -0.1) is 0 Å². The molecule has 0 aromatic heterocycles. The number of carbonyl (C=O) groups is 1. The van der Waals surface area contributed by atoms with Gasteiger partial charge in [-0.3, -0.25) is 4.79 Å². The highest BCUT2D eigenvalue weighted by molar-refractivity contribution is 5.70. The van der Waals surface area contributed by atoms with E-state index in [1.165, 1.54) is 0 Å². The van der Waals surface area contributed by atoms with Crippen molar-refractivity contribution < 1.29 is 9.53 Å². The van der Waals surface area contributed by atoms with Crippen LogP contribution in [0.5, 0.6) is 0 Å². The summed E-state index contributed by atoms with van der Waals surface area (Å²) < 4.78 is 4.71. The maximum atomic E-state index is 10.5. The quantitative estimate of drug-likeness (QED) is 0.528. The van der Waals surface area contributed by atoms with Gasteiger partial charge < -0.3 is 4.74 Å². The molecule has 1 aliphatic rings. The normalized spacial score (nSPS) is 20.8. The number of cyclic esters (lactones) is 1. The first-order chi connectivity index (χ1) is 5.79. The van der Waals surface area contributed by atoms with E-state index >= 15 is 0 Å². The molecule has 1 atom stereocenters. The molecule has 2 nitrogen and oxygen atoms in total. The summed E-state index contributed by atoms with van der Waals surface area (Å²) in [7, 11) is 0. The fourth-order valence-electron chi connectivity index (χ4n) is 0.819. The predicted molar refractivity (Wildman–Crippen MR) is 52.1 cm³/mol. The van der Waals surface area contributed by atoms with Gasteiger partial charge in [-0.2, -0.15) is 0 Å². The number of esters is 1. The third kappa shape index (κ3) is 7.58. The molecule has 1 heterocycles. The van der Waals surface area contributed by atoms with Gasteiger partial charge in [0.25, 0.3) is 0 Å². The Hall–Kier alpha value is -0.530. The van der Waals surface area contributed by atoms with Crippen molar-refractivity contribution in [3.05, 3.63) is 0 Å². The van der Waals surface area contributed by atoms with Gasteiger partial charge in [-0.05, 0) is 12.3 Å². The summed E-state index contributed by atoms with van der Waals surface area (Å²) in [6.45, 7) is 10.7. The molecule has 0 bridgehead atoms. The summed E-state index contributed by atoms with van der Waals surface area (Å²) in [6, 6.07) is 0. The molecular formula is C10H22O2. The molecule has 0 aromatic carbocycles. The van der Waals surface area contributed by atoms with Crippen molar-refractivity contribution in [1.82, 2.24) is 0 Å². The average Bonchev–Trinajstić information content (AvgIpc) is 2.11. The minimum atomic E-state index is -0.0382. The molecular weight excluding hydrogens is 152 g/mol. The lowest BCUT2D eigenvalue weighted by Gasteiger charge is -2.16. The van der Waals surface area contributed by atoms with Crippen LogP contribution >= 0.6 is 0 Å². The fraction of sp³-hybridized carbons (Fsp3) is 0.900. The first kappa shape index (κ1) is 14.0. The number of hydrogen-bond acceptors (Lipinski definition) is 2. The fourth-order valence-corrected chi connectivity index (χ4v) is 0.819. The van der Waals surface area contributed by atoms with Gasteiger partial charge >= 0.3 is 5.97 Å². The summed E-state index contributed by atoms with van der Waals surface area (Å²) in [4.78, 5) is 10.5. The lowest BCUT2D eigenvalue weighted by atomic mass is 10.0. The third-order valence-corrected chi connectivity index (χ3v) is 1.39. The van der Waals surface area contributed by atoms with Crippen LogP contribution in [0.4, 0.5) is 0 Å². The van der Waals surface area contributed by atoms with Gasteiger partial charge in [0, 0.05) is 6.42 Å². The van der Waals surface area contributed by atoms with Gasteiger partial charge in [0.1, 0.15) is 0 Å². The van der Waals surface area contributed by atoms with Gasteiger partial charge in [0.05, 0.1) is 6.61 Å². The molecule has 1 unspecified atom stereocenters. The second kappa shape index (κ2) is 10.5. The van der Waals surface area contributed by atoms with Crippen molar-refractivity contribution in [3.63, 3.8) is 0 Å². The van der Waals surface area contributed by atoms with Crippen LogP contribution in [0.1, 0.15) is 47.5 Å². The minimum Gasteiger partial charge on any atom is -0.466 e. The van der Waals surface area contributed by atoms with Crippen molar-refractivity contribution in [2.45, 2.75) is 47.5 Å². The number of ether oxygens (including phenoxy) is 1. The highest BCUT2D eigenvalue weighted by Gasteiger charge is 2.15. The van der Waals surface area contributed by atoms with Gasteiger partial charge in [-0.1, -0.05) is 34.6 Å². The lowest BCUT2D eigenvalue weighted by Crippen LogP contribution is -2.18. The predicted octanol–water partition coefficient (Wildman–Crippen LogP) is 3.01. The monoisotopic (exact) mass is 174 g/mol. The number of rotatable bonds is 0. The zero-order chi connectivity index (χ0) is 9.98. The highest BCUT2D eigenvalue weighted by atomic mass is 16.5. The third-order valence-electron chi connectivity index (χ3n) is 1.39. The summed E-state index contributed by atoms with van der Waals surface area (Å²) in [5, 5.41) is 0. The van der Waals surface area contributed by atoms with E-state index in [4.69, 9.17) is 4.74 Å². The molecule has 0 aromatic rings. The first-order valence-electron chi connectivity index (χ1n) is 4.94. The van der Waals surface area contributed by atoms with Crippen molar-refractivity contribution >= 4 is 5.97 Å². The van der Waals surface area contributed by atoms with E-state index in [1.54, 1.807) is 0 Å². The summed E-state index contributed by atoms with van der Waals surface area (Å²) in [6.07, 6.45) is 1.64. The smallest absolute Gasteiger partial charge is 0.306 e. The molecule has 12 heavy (non-hydrogen) atoms. The zero-order valence-corrected chi connectivity index (χ0v) is 9.02. The molecule has 2 heteroatoms. The largest absolute Gasteiger partial charge is 0.466 e. The van der Waals surface area contributed by atoms with E-state index in [9.17, 15) is 4.79 Å². The van der Waals surface area contributed by atoms with Gasteiger partial charge in [0.15, 0.2) is 0 Å². The van der Waals surface area contributed by atoms with Crippen LogP contribution in [-0.4, -0.2) is 12.6 Å². The Morgan fingerprint density at radius 1 is 1.25 bits per heavy atom. The first-order valence-corrected chi connectivity index (χ1v) is 4.94. The molecule has 0 N–H and O–H groups in total. The summed E-state index contributed by atoms with van der Waals surface area (Å²) in [5.74, 6) is 0.500. The molecule has 0 spiro atoms. The zero-order valence-electron chi connectivity index (χ0n) is 9.02. The average molecular weight is 174 g/mol. The molecule has 0 amide bonds. The van der Waals surface area contributed by atoms with Crippen LogP contribution < -0.4 is 0 Å². The molecule has 1 saturated heterocycles. The maximum Gasteiger partial charge on any atom is 0.306 e. The van der Waals surface area contributed by atoms with E-state index in [-0.39, 0.29) is 5.97 Å². The Morgan fingerprint density at radius 2 is 1.75 bits per heavy atom. The van der Waals surface area contributed by atoms with Gasteiger partial charge in [0.2, 0.25) is 0 Å². The Labute approximate surface area is 76.3 Å². The standard InChI is InChI=1S/C6H10O2.2C2H6/c1-5-2-3-8-6(7)4-5;2*1-2/h5H,2-4H2,1H3;2*1-2H3. The topological polar surface area (TPSA) is 26.3 Å². The van der Waals surface area contributed by atoms with Crippen molar-refractivity contribution in [3.8, 4) is 0 Å². The van der Waals surface area contributed by atoms with Gasteiger partial charge in [-0.25, -0.2) is 0 Å². The molecule has 1 fully saturated rings. The second-order valence-corrected chi connectivity index (χ2v) is 2.32. The molecule has 0 radical (unpaired) electrons. The Kier molecular flexibility index (Phi) is 12.2. The minimum absolute atomic E-state index is 0.0382. The van der Waals surface area contributed by atoms with Crippen molar-refractivity contribution in [2.75, 3.05) is 6.61 Å². The van der Waals surface area contributed by atoms with E-state index in [0.29, 0.717) is 18.9 Å². The molecule has 0 aliphatic carbocycles. The van der Waals surface area contributed by atoms with Crippen LogP contribution in [0.15, 0.2) is 0 Å². The SMILES string of the molecule is CC.CC.CC1CCOC(=O)C1. The van der Waals surface area contributed by atoms with E-state index in [0.717, 1.165) is 6.42 Å².